The Labute approximate surface area is 162 Å². The van der Waals surface area contributed by atoms with Crippen molar-refractivity contribution in [1.82, 2.24) is 14.8 Å². The van der Waals surface area contributed by atoms with Crippen LogP contribution in [0.1, 0.15) is 31.2 Å². The Balaban J connectivity index is 0.986. The van der Waals surface area contributed by atoms with Gasteiger partial charge in [-0.05, 0) is 79.3 Å². The average molecular weight is 368 g/mol. The largest absolute Gasteiger partial charge is 0.381 e. The molecule has 3 aliphatic rings. The van der Waals surface area contributed by atoms with E-state index in [9.17, 15) is 0 Å². The Bertz CT molecular complexity index is 739. The van der Waals surface area contributed by atoms with Crippen molar-refractivity contribution in [3.05, 3.63) is 36.0 Å². The molecule has 5 rings (SSSR count). The van der Waals surface area contributed by atoms with Gasteiger partial charge in [0, 0.05) is 44.5 Å². The van der Waals surface area contributed by atoms with Crippen LogP contribution < -0.4 is 0 Å². The number of benzene rings is 1. The lowest BCUT2D eigenvalue weighted by molar-refractivity contribution is 0.0967. The Hall–Kier alpha value is -1.36. The molecule has 2 aromatic rings. The van der Waals surface area contributed by atoms with Crippen molar-refractivity contribution in [2.24, 2.45) is 17.8 Å². The topological polar surface area (TPSA) is 31.5 Å². The SMILES string of the molecule is c1cc2cc(CN3C[C@@H]4[C@@H](COCCCN5CCCCC5)[C@@H]4C3)ccc2[nH]1. The summed E-state index contributed by atoms with van der Waals surface area (Å²) in [5.74, 6) is 2.62. The van der Waals surface area contributed by atoms with Crippen molar-refractivity contribution in [3.8, 4) is 0 Å². The maximum Gasteiger partial charge on any atom is 0.0500 e. The van der Waals surface area contributed by atoms with Crippen molar-refractivity contribution < 1.29 is 4.74 Å². The second kappa shape index (κ2) is 7.94. The van der Waals surface area contributed by atoms with Crippen LogP contribution in [0.15, 0.2) is 30.5 Å². The summed E-state index contributed by atoms with van der Waals surface area (Å²) in [7, 11) is 0. The summed E-state index contributed by atoms with van der Waals surface area (Å²) in [5.41, 5.74) is 2.68. The highest BCUT2D eigenvalue weighted by Crippen LogP contribution is 2.52. The number of hydrogen-bond donors (Lipinski definition) is 1. The maximum atomic E-state index is 6.03. The molecular weight excluding hydrogens is 334 g/mol. The van der Waals surface area contributed by atoms with Gasteiger partial charge in [-0.25, -0.2) is 0 Å². The van der Waals surface area contributed by atoms with Gasteiger partial charge in [0.15, 0.2) is 0 Å². The van der Waals surface area contributed by atoms with Gasteiger partial charge in [0.1, 0.15) is 0 Å². The summed E-state index contributed by atoms with van der Waals surface area (Å²) in [6.07, 6.45) is 7.44. The fraction of sp³-hybridized carbons (Fsp3) is 0.652. The lowest BCUT2D eigenvalue weighted by atomic mass is 10.1. The zero-order chi connectivity index (χ0) is 18.1. The molecule has 1 saturated carbocycles. The molecule has 1 aliphatic carbocycles. The molecule has 0 spiro atoms. The zero-order valence-electron chi connectivity index (χ0n) is 16.4. The lowest BCUT2D eigenvalue weighted by Gasteiger charge is -2.26. The zero-order valence-corrected chi connectivity index (χ0v) is 16.4. The van der Waals surface area contributed by atoms with Crippen molar-refractivity contribution >= 4 is 10.9 Å². The monoisotopic (exact) mass is 367 g/mol. The van der Waals surface area contributed by atoms with E-state index in [0.29, 0.717) is 0 Å². The van der Waals surface area contributed by atoms with Gasteiger partial charge in [0.25, 0.3) is 0 Å². The van der Waals surface area contributed by atoms with Gasteiger partial charge < -0.3 is 14.6 Å². The van der Waals surface area contributed by atoms with Crippen molar-refractivity contribution in [3.63, 3.8) is 0 Å². The number of rotatable bonds is 8. The first-order chi connectivity index (χ1) is 13.4. The van der Waals surface area contributed by atoms with Gasteiger partial charge in [-0.3, -0.25) is 4.90 Å². The Kier molecular flexibility index (Phi) is 5.21. The number of nitrogens with one attached hydrogen (secondary N) is 1. The number of fused-ring (bicyclic) bond motifs is 2. The summed E-state index contributed by atoms with van der Waals surface area (Å²) in [6.45, 7) is 9.41. The first-order valence-electron chi connectivity index (χ1n) is 11.0. The predicted octanol–water partition coefficient (Wildman–Crippen LogP) is 3.74. The molecule has 3 fully saturated rings. The molecule has 4 nitrogen and oxygen atoms in total. The van der Waals surface area contributed by atoms with E-state index in [1.54, 1.807) is 0 Å². The number of piperidine rings is 2. The summed E-state index contributed by atoms with van der Waals surface area (Å²) in [5, 5.41) is 1.33. The molecule has 1 N–H and O–H groups in total. The summed E-state index contributed by atoms with van der Waals surface area (Å²) >= 11 is 0. The molecule has 0 radical (unpaired) electrons. The predicted molar refractivity (Wildman–Crippen MR) is 110 cm³/mol. The van der Waals surface area contributed by atoms with Crippen LogP contribution >= 0.6 is 0 Å². The van der Waals surface area contributed by atoms with Crippen LogP contribution in [-0.4, -0.2) is 60.7 Å². The fourth-order valence-corrected chi connectivity index (χ4v) is 5.37. The molecule has 3 atom stereocenters. The van der Waals surface area contributed by atoms with Gasteiger partial charge in [0.05, 0.1) is 6.61 Å². The number of likely N-dealkylation sites (tertiary alicyclic amines) is 2. The number of aromatic nitrogens is 1. The molecular formula is C23H33N3O. The number of nitrogens with zero attached hydrogens (tertiary/aromatic N) is 2. The second-order valence-corrected chi connectivity index (χ2v) is 8.92. The van der Waals surface area contributed by atoms with Crippen LogP contribution in [0.5, 0.6) is 0 Å². The minimum absolute atomic E-state index is 0.836. The van der Waals surface area contributed by atoms with E-state index >= 15 is 0 Å². The standard InChI is InChI=1S/C23H33N3O/c1-2-9-25(10-3-1)11-4-12-27-17-22-20-15-26(16-21(20)22)14-18-5-6-23-19(13-18)7-8-24-23/h5-8,13,20-22,24H,1-4,9-12,14-17H2/t20-,21+,22+. The summed E-state index contributed by atoms with van der Waals surface area (Å²) < 4.78 is 6.03. The third-order valence-corrected chi connectivity index (χ3v) is 6.99. The Morgan fingerprint density at radius 1 is 1.00 bits per heavy atom. The van der Waals surface area contributed by atoms with Crippen molar-refractivity contribution in [2.45, 2.75) is 32.2 Å². The fourth-order valence-electron chi connectivity index (χ4n) is 5.37. The molecule has 4 heteroatoms. The summed E-state index contributed by atoms with van der Waals surface area (Å²) in [6, 6.07) is 8.98. The molecule has 2 saturated heterocycles. The van der Waals surface area contributed by atoms with Gasteiger partial charge in [0.2, 0.25) is 0 Å². The highest BCUT2D eigenvalue weighted by molar-refractivity contribution is 5.79. The molecule has 1 aromatic heterocycles. The molecule has 1 aromatic carbocycles. The van der Waals surface area contributed by atoms with Crippen LogP contribution in [0, 0.1) is 17.8 Å². The van der Waals surface area contributed by atoms with Gasteiger partial charge in [-0.1, -0.05) is 12.5 Å². The number of aromatic amines is 1. The van der Waals surface area contributed by atoms with E-state index in [0.717, 1.165) is 37.5 Å². The Morgan fingerprint density at radius 3 is 2.70 bits per heavy atom. The minimum Gasteiger partial charge on any atom is -0.381 e. The van der Waals surface area contributed by atoms with Gasteiger partial charge in [-0.15, -0.1) is 0 Å². The van der Waals surface area contributed by atoms with E-state index in [4.69, 9.17) is 4.74 Å². The van der Waals surface area contributed by atoms with Crippen molar-refractivity contribution in [1.29, 1.82) is 0 Å². The highest BCUT2D eigenvalue weighted by Gasteiger charge is 2.55. The molecule has 3 heterocycles. The van der Waals surface area contributed by atoms with Crippen LogP contribution in [0.3, 0.4) is 0 Å². The van der Waals surface area contributed by atoms with Crippen molar-refractivity contribution in [2.75, 3.05) is 45.9 Å². The van der Waals surface area contributed by atoms with E-state index in [1.165, 1.54) is 74.9 Å². The smallest absolute Gasteiger partial charge is 0.0500 e. The van der Waals surface area contributed by atoms with Crippen LogP contribution in [0.25, 0.3) is 10.9 Å². The first-order valence-corrected chi connectivity index (χ1v) is 11.0. The number of hydrogen-bond acceptors (Lipinski definition) is 3. The van der Waals surface area contributed by atoms with Gasteiger partial charge >= 0.3 is 0 Å². The van der Waals surface area contributed by atoms with Crippen LogP contribution in [-0.2, 0) is 11.3 Å². The molecule has 0 unspecified atom stereocenters. The molecule has 27 heavy (non-hydrogen) atoms. The normalized spacial score (nSPS) is 28.7. The number of ether oxygens (including phenoxy) is 1. The number of H-pyrrole nitrogens is 1. The summed E-state index contributed by atoms with van der Waals surface area (Å²) in [4.78, 5) is 8.52. The van der Waals surface area contributed by atoms with Crippen LogP contribution in [0.2, 0.25) is 0 Å². The highest BCUT2D eigenvalue weighted by atomic mass is 16.5. The third kappa shape index (κ3) is 4.08. The quantitative estimate of drug-likeness (QED) is 0.721. The first kappa shape index (κ1) is 17.7. The maximum absolute atomic E-state index is 6.03. The molecule has 0 amide bonds. The third-order valence-electron chi connectivity index (χ3n) is 6.99. The molecule has 2 aliphatic heterocycles. The van der Waals surface area contributed by atoms with E-state index in [-0.39, 0.29) is 0 Å². The van der Waals surface area contributed by atoms with E-state index in [1.807, 2.05) is 6.20 Å². The second-order valence-electron chi connectivity index (χ2n) is 8.92. The average Bonchev–Trinajstić information content (AvgIpc) is 3.05. The Morgan fingerprint density at radius 2 is 1.85 bits per heavy atom. The van der Waals surface area contributed by atoms with E-state index in [2.05, 4.69) is 39.0 Å². The lowest BCUT2D eigenvalue weighted by Crippen LogP contribution is -2.31. The van der Waals surface area contributed by atoms with Gasteiger partial charge in [-0.2, -0.15) is 0 Å². The van der Waals surface area contributed by atoms with Crippen LogP contribution in [0.4, 0.5) is 0 Å². The molecule has 0 bridgehead atoms. The van der Waals surface area contributed by atoms with E-state index < -0.39 is 0 Å². The minimum atomic E-state index is 0.836. The molecule has 146 valence electrons.